The fraction of sp³-hybridized carbons (Fsp3) is 0.455. The van der Waals surface area contributed by atoms with E-state index in [2.05, 4.69) is 31.2 Å². The van der Waals surface area contributed by atoms with E-state index in [1.165, 1.54) is 11.1 Å². The molecular weight excluding hydrogens is 148 g/mol. The first-order valence-electron chi connectivity index (χ1n) is 4.45. The number of aliphatic hydroxyl groups is 1. The molecule has 1 aliphatic rings. The Morgan fingerprint density at radius 1 is 1.42 bits per heavy atom. The first-order valence-corrected chi connectivity index (χ1v) is 4.45. The number of aliphatic hydroxyl groups excluding tert-OH is 1. The van der Waals surface area contributed by atoms with Crippen molar-refractivity contribution in [3.05, 3.63) is 35.4 Å². The van der Waals surface area contributed by atoms with Crippen LogP contribution in [0.2, 0.25) is 0 Å². The van der Waals surface area contributed by atoms with Crippen LogP contribution in [0.15, 0.2) is 24.3 Å². The van der Waals surface area contributed by atoms with Crippen molar-refractivity contribution in [1.82, 2.24) is 0 Å². The molecule has 0 saturated carbocycles. The molecule has 0 radical (unpaired) electrons. The summed E-state index contributed by atoms with van der Waals surface area (Å²) in [6, 6.07) is 8.43. The van der Waals surface area contributed by atoms with E-state index >= 15 is 0 Å². The maximum atomic E-state index is 9.27. The Bertz CT molecular complexity index is 293. The van der Waals surface area contributed by atoms with Crippen molar-refractivity contribution in [2.45, 2.75) is 25.2 Å². The number of rotatable bonds is 1. The van der Waals surface area contributed by atoms with Gasteiger partial charge in [-0.3, -0.25) is 0 Å². The van der Waals surface area contributed by atoms with Gasteiger partial charge in [0.1, 0.15) is 0 Å². The zero-order valence-electron chi connectivity index (χ0n) is 7.38. The summed E-state index contributed by atoms with van der Waals surface area (Å²) in [6.07, 6.45) is 2.20. The van der Waals surface area contributed by atoms with Crippen molar-refractivity contribution >= 4 is 0 Å². The number of hydrogen-bond donors (Lipinski definition) is 1. The van der Waals surface area contributed by atoms with Gasteiger partial charge in [0.05, 0.1) is 6.61 Å². The molecule has 0 aliphatic heterocycles. The van der Waals surface area contributed by atoms with E-state index in [-0.39, 0.29) is 12.0 Å². The molecule has 1 nitrogen and oxygen atoms in total. The fourth-order valence-electron chi connectivity index (χ4n) is 2.04. The minimum atomic E-state index is 0.0244. The van der Waals surface area contributed by atoms with Crippen molar-refractivity contribution in [2.75, 3.05) is 6.61 Å². The van der Waals surface area contributed by atoms with Crippen LogP contribution in [0.5, 0.6) is 0 Å². The van der Waals surface area contributed by atoms with Crippen LogP contribution in [0.4, 0.5) is 0 Å². The third-order valence-corrected chi connectivity index (χ3v) is 2.96. The molecule has 0 amide bonds. The van der Waals surface area contributed by atoms with Crippen molar-refractivity contribution in [3.63, 3.8) is 0 Å². The monoisotopic (exact) mass is 162 g/mol. The third-order valence-electron chi connectivity index (χ3n) is 2.96. The molecular formula is C11H14O. The van der Waals surface area contributed by atoms with Gasteiger partial charge >= 0.3 is 0 Å². The normalized spacial score (nSPS) is 27.2. The van der Waals surface area contributed by atoms with Gasteiger partial charge in [-0.1, -0.05) is 31.2 Å². The molecule has 0 spiro atoms. The van der Waals surface area contributed by atoms with E-state index in [0.29, 0.717) is 0 Å². The highest BCUT2D eigenvalue weighted by molar-refractivity contribution is 5.38. The van der Waals surface area contributed by atoms with E-state index in [9.17, 15) is 5.11 Å². The summed E-state index contributed by atoms with van der Waals surface area (Å²) >= 11 is 0. The van der Waals surface area contributed by atoms with Gasteiger partial charge in [-0.25, -0.2) is 0 Å². The van der Waals surface area contributed by atoms with Crippen LogP contribution in [0, 0.1) is 0 Å². The minimum absolute atomic E-state index is 0.0244. The van der Waals surface area contributed by atoms with E-state index in [4.69, 9.17) is 0 Å². The number of hydrogen-bond acceptors (Lipinski definition) is 1. The molecule has 12 heavy (non-hydrogen) atoms. The SMILES string of the molecule is CC1(CO)CCc2ccccc21. The molecule has 2 rings (SSSR count). The summed E-state index contributed by atoms with van der Waals surface area (Å²) < 4.78 is 0. The predicted octanol–water partition coefficient (Wildman–Crippen LogP) is 1.88. The Kier molecular flexibility index (Phi) is 1.69. The van der Waals surface area contributed by atoms with Crippen LogP contribution in [0.1, 0.15) is 24.5 Å². The highest BCUT2D eigenvalue weighted by Gasteiger charge is 2.32. The van der Waals surface area contributed by atoms with Gasteiger partial charge in [-0.05, 0) is 24.0 Å². The molecule has 1 aromatic carbocycles. The maximum absolute atomic E-state index is 9.27. The first kappa shape index (κ1) is 7.81. The Morgan fingerprint density at radius 2 is 2.17 bits per heavy atom. The van der Waals surface area contributed by atoms with Gasteiger partial charge in [-0.2, -0.15) is 0 Å². The molecule has 0 aromatic heterocycles. The molecule has 1 N–H and O–H groups in total. The molecule has 1 unspecified atom stereocenters. The summed E-state index contributed by atoms with van der Waals surface area (Å²) in [5.74, 6) is 0. The molecule has 0 fully saturated rings. The lowest BCUT2D eigenvalue weighted by molar-refractivity contribution is 0.206. The van der Waals surface area contributed by atoms with Gasteiger partial charge in [0.25, 0.3) is 0 Å². The van der Waals surface area contributed by atoms with Crippen LogP contribution >= 0.6 is 0 Å². The fourth-order valence-corrected chi connectivity index (χ4v) is 2.04. The number of benzene rings is 1. The van der Waals surface area contributed by atoms with E-state index < -0.39 is 0 Å². The highest BCUT2D eigenvalue weighted by Crippen LogP contribution is 2.37. The van der Waals surface area contributed by atoms with Gasteiger partial charge < -0.3 is 5.11 Å². The van der Waals surface area contributed by atoms with Crippen LogP contribution < -0.4 is 0 Å². The second-order valence-electron chi connectivity index (χ2n) is 3.88. The average molecular weight is 162 g/mol. The highest BCUT2D eigenvalue weighted by atomic mass is 16.3. The third kappa shape index (κ3) is 0.969. The smallest absolute Gasteiger partial charge is 0.0525 e. The second kappa shape index (κ2) is 2.60. The summed E-state index contributed by atoms with van der Waals surface area (Å²) in [5.41, 5.74) is 2.78. The lowest BCUT2D eigenvalue weighted by atomic mass is 9.85. The van der Waals surface area contributed by atoms with Crippen molar-refractivity contribution < 1.29 is 5.11 Å². The van der Waals surface area contributed by atoms with Gasteiger partial charge in [0.2, 0.25) is 0 Å². The standard InChI is InChI=1S/C11H14O/c1-11(8-12)7-6-9-4-2-3-5-10(9)11/h2-5,12H,6-8H2,1H3. The van der Waals surface area contributed by atoms with Crippen LogP contribution in [-0.2, 0) is 11.8 Å². The average Bonchev–Trinajstić information content (AvgIpc) is 2.46. The van der Waals surface area contributed by atoms with Crippen LogP contribution in [0.3, 0.4) is 0 Å². The van der Waals surface area contributed by atoms with Crippen molar-refractivity contribution in [2.24, 2.45) is 0 Å². The predicted molar refractivity (Wildman–Crippen MR) is 49.2 cm³/mol. The largest absolute Gasteiger partial charge is 0.395 e. The molecule has 0 heterocycles. The topological polar surface area (TPSA) is 20.2 Å². The van der Waals surface area contributed by atoms with Crippen molar-refractivity contribution in [1.29, 1.82) is 0 Å². The lowest BCUT2D eigenvalue weighted by Gasteiger charge is -2.21. The Morgan fingerprint density at radius 3 is 2.92 bits per heavy atom. The zero-order chi connectivity index (χ0) is 8.60. The first-order chi connectivity index (χ1) is 5.76. The number of fused-ring (bicyclic) bond motifs is 1. The molecule has 64 valence electrons. The molecule has 1 aromatic rings. The molecule has 1 atom stereocenters. The lowest BCUT2D eigenvalue weighted by Crippen LogP contribution is -2.22. The van der Waals surface area contributed by atoms with Crippen molar-refractivity contribution in [3.8, 4) is 0 Å². The van der Waals surface area contributed by atoms with E-state index in [0.717, 1.165) is 12.8 Å². The van der Waals surface area contributed by atoms with Crippen LogP contribution in [0.25, 0.3) is 0 Å². The Labute approximate surface area is 73.0 Å². The molecule has 0 bridgehead atoms. The Hall–Kier alpha value is -0.820. The minimum Gasteiger partial charge on any atom is -0.395 e. The quantitative estimate of drug-likeness (QED) is 0.668. The van der Waals surface area contributed by atoms with Gasteiger partial charge in [-0.15, -0.1) is 0 Å². The van der Waals surface area contributed by atoms with Gasteiger partial charge in [0, 0.05) is 5.41 Å². The maximum Gasteiger partial charge on any atom is 0.0525 e. The summed E-state index contributed by atoms with van der Waals surface area (Å²) in [5, 5.41) is 9.27. The van der Waals surface area contributed by atoms with E-state index in [1.54, 1.807) is 0 Å². The number of aryl methyl sites for hydroxylation is 1. The molecule has 0 saturated heterocycles. The molecule has 1 aliphatic carbocycles. The second-order valence-corrected chi connectivity index (χ2v) is 3.88. The van der Waals surface area contributed by atoms with E-state index in [1.807, 2.05) is 0 Å². The summed E-state index contributed by atoms with van der Waals surface area (Å²) in [7, 11) is 0. The summed E-state index contributed by atoms with van der Waals surface area (Å²) in [6.45, 7) is 2.41. The Balaban J connectivity index is 2.49. The van der Waals surface area contributed by atoms with Crippen LogP contribution in [-0.4, -0.2) is 11.7 Å². The van der Waals surface area contributed by atoms with Gasteiger partial charge in [0.15, 0.2) is 0 Å². The zero-order valence-corrected chi connectivity index (χ0v) is 7.38. The summed E-state index contributed by atoms with van der Waals surface area (Å²) in [4.78, 5) is 0. The molecule has 1 heteroatoms.